The predicted octanol–water partition coefficient (Wildman–Crippen LogP) is 4.04. The summed E-state index contributed by atoms with van der Waals surface area (Å²) in [6, 6.07) is 5.57. The highest BCUT2D eigenvalue weighted by atomic mass is 16.6. The van der Waals surface area contributed by atoms with Crippen LogP contribution in [0, 0.1) is 17.0 Å². The maximum atomic E-state index is 10.7. The molecule has 0 atom stereocenters. The van der Waals surface area contributed by atoms with Crippen molar-refractivity contribution in [2.75, 3.05) is 5.32 Å². The lowest BCUT2D eigenvalue weighted by molar-refractivity contribution is -0.384. The second-order valence-electron chi connectivity index (χ2n) is 5.09. The maximum Gasteiger partial charge on any atom is 0.269 e. The molecule has 4 heteroatoms. The number of rotatable bonds is 3. The Bertz CT molecular complexity index is 424. The lowest BCUT2D eigenvalue weighted by atomic mass is 10.1. The molecule has 4 nitrogen and oxygen atoms in total. The number of anilines is 1. The number of nitrogens with one attached hydrogen (secondary N) is 1. The molecule has 2 rings (SSSR count). The number of non-ortho nitro benzene ring substituents is 1. The molecule has 0 radical (unpaired) electrons. The Morgan fingerprint density at radius 2 is 1.89 bits per heavy atom. The van der Waals surface area contributed by atoms with Gasteiger partial charge >= 0.3 is 0 Å². The Morgan fingerprint density at radius 3 is 2.44 bits per heavy atom. The molecular formula is C14H20N2O2. The normalized spacial score (nSPS) is 17.2. The third-order valence-electron chi connectivity index (χ3n) is 3.64. The Balaban J connectivity index is 2.06. The molecule has 0 unspecified atom stereocenters. The third-order valence-corrected chi connectivity index (χ3v) is 3.64. The number of hydrogen-bond acceptors (Lipinski definition) is 3. The molecule has 0 heterocycles. The Kier molecular flexibility index (Phi) is 4.18. The second-order valence-corrected chi connectivity index (χ2v) is 5.09. The van der Waals surface area contributed by atoms with Gasteiger partial charge in [0.1, 0.15) is 0 Å². The summed E-state index contributed by atoms with van der Waals surface area (Å²) in [6.07, 6.45) is 7.63. The molecule has 1 aromatic carbocycles. The molecule has 18 heavy (non-hydrogen) atoms. The molecule has 1 aliphatic carbocycles. The first-order valence-electron chi connectivity index (χ1n) is 6.68. The molecule has 1 N–H and O–H groups in total. The summed E-state index contributed by atoms with van der Waals surface area (Å²) in [7, 11) is 0. The van der Waals surface area contributed by atoms with Gasteiger partial charge in [-0.15, -0.1) is 0 Å². The smallest absolute Gasteiger partial charge is 0.269 e. The second kappa shape index (κ2) is 5.85. The van der Waals surface area contributed by atoms with E-state index in [0.29, 0.717) is 6.04 Å². The lowest BCUT2D eigenvalue weighted by Gasteiger charge is -2.19. The fourth-order valence-electron chi connectivity index (χ4n) is 2.57. The molecular weight excluding hydrogens is 228 g/mol. The summed E-state index contributed by atoms with van der Waals surface area (Å²) in [5.41, 5.74) is 2.15. The van der Waals surface area contributed by atoms with Crippen LogP contribution in [-0.4, -0.2) is 11.0 Å². The average molecular weight is 248 g/mol. The number of nitro groups is 1. The van der Waals surface area contributed by atoms with E-state index < -0.39 is 0 Å². The SMILES string of the molecule is Cc1cc([N+](=O)[O-])ccc1NC1CCCCCC1. The van der Waals surface area contributed by atoms with Gasteiger partial charge in [0.15, 0.2) is 0 Å². The van der Waals surface area contributed by atoms with Gasteiger partial charge in [-0.25, -0.2) is 0 Å². The zero-order valence-electron chi connectivity index (χ0n) is 10.8. The third kappa shape index (κ3) is 3.22. The van der Waals surface area contributed by atoms with Crippen LogP contribution < -0.4 is 5.32 Å². The summed E-state index contributed by atoms with van der Waals surface area (Å²) in [5.74, 6) is 0. The first-order chi connectivity index (χ1) is 8.66. The fourth-order valence-corrected chi connectivity index (χ4v) is 2.57. The average Bonchev–Trinajstić information content (AvgIpc) is 2.60. The quantitative estimate of drug-likeness (QED) is 0.499. The fraction of sp³-hybridized carbons (Fsp3) is 0.571. The zero-order chi connectivity index (χ0) is 13.0. The van der Waals surface area contributed by atoms with Crippen LogP contribution in [0.1, 0.15) is 44.1 Å². The van der Waals surface area contributed by atoms with Crippen LogP contribution in [0.4, 0.5) is 11.4 Å². The monoisotopic (exact) mass is 248 g/mol. The van der Waals surface area contributed by atoms with Crippen LogP contribution >= 0.6 is 0 Å². The van der Waals surface area contributed by atoms with E-state index in [1.807, 2.05) is 13.0 Å². The first-order valence-corrected chi connectivity index (χ1v) is 6.68. The number of hydrogen-bond donors (Lipinski definition) is 1. The Labute approximate surface area is 108 Å². The Morgan fingerprint density at radius 1 is 1.22 bits per heavy atom. The van der Waals surface area contributed by atoms with Gasteiger partial charge in [0.05, 0.1) is 4.92 Å². The molecule has 1 saturated carbocycles. The van der Waals surface area contributed by atoms with Crippen molar-refractivity contribution in [3.63, 3.8) is 0 Å². The van der Waals surface area contributed by atoms with Crippen LogP contribution in [0.2, 0.25) is 0 Å². The standard InChI is InChI=1S/C14H20N2O2/c1-11-10-13(16(17)18)8-9-14(11)15-12-6-4-2-3-5-7-12/h8-10,12,15H,2-7H2,1H3. The predicted molar refractivity (Wildman–Crippen MR) is 72.9 cm³/mol. The van der Waals surface area contributed by atoms with Crippen molar-refractivity contribution in [3.8, 4) is 0 Å². The van der Waals surface area contributed by atoms with E-state index >= 15 is 0 Å². The van der Waals surface area contributed by atoms with Crippen LogP contribution in [0.5, 0.6) is 0 Å². The van der Waals surface area contributed by atoms with E-state index in [1.54, 1.807) is 12.1 Å². The number of nitrogens with zero attached hydrogens (tertiary/aromatic N) is 1. The van der Waals surface area contributed by atoms with Gasteiger partial charge in [-0.3, -0.25) is 10.1 Å². The van der Waals surface area contributed by atoms with Crippen LogP contribution in [0.15, 0.2) is 18.2 Å². The molecule has 98 valence electrons. The van der Waals surface area contributed by atoms with Crippen LogP contribution in [0.25, 0.3) is 0 Å². The van der Waals surface area contributed by atoms with Gasteiger partial charge in [-0.2, -0.15) is 0 Å². The number of benzene rings is 1. The number of nitro benzene ring substituents is 1. The van der Waals surface area contributed by atoms with Crippen molar-refractivity contribution in [1.82, 2.24) is 0 Å². The minimum Gasteiger partial charge on any atom is -0.382 e. The molecule has 1 fully saturated rings. The lowest BCUT2D eigenvalue weighted by Crippen LogP contribution is -2.18. The van der Waals surface area contributed by atoms with Gasteiger partial charge in [0.2, 0.25) is 0 Å². The molecule has 1 aromatic rings. The molecule has 0 spiro atoms. The highest BCUT2D eigenvalue weighted by molar-refractivity contribution is 5.55. The molecule has 1 aliphatic rings. The highest BCUT2D eigenvalue weighted by Crippen LogP contribution is 2.25. The first kappa shape index (κ1) is 12.9. The van der Waals surface area contributed by atoms with Gasteiger partial charge in [0, 0.05) is 23.9 Å². The summed E-state index contributed by atoms with van der Waals surface area (Å²) in [4.78, 5) is 10.3. The minimum atomic E-state index is -0.345. The topological polar surface area (TPSA) is 55.2 Å². The minimum absolute atomic E-state index is 0.166. The van der Waals surface area contributed by atoms with Crippen molar-refractivity contribution in [1.29, 1.82) is 0 Å². The zero-order valence-corrected chi connectivity index (χ0v) is 10.8. The highest BCUT2D eigenvalue weighted by Gasteiger charge is 2.14. The van der Waals surface area contributed by atoms with Crippen LogP contribution in [0.3, 0.4) is 0 Å². The van der Waals surface area contributed by atoms with Crippen molar-refractivity contribution in [2.24, 2.45) is 0 Å². The van der Waals surface area contributed by atoms with E-state index in [0.717, 1.165) is 11.3 Å². The van der Waals surface area contributed by atoms with Crippen molar-refractivity contribution in [2.45, 2.75) is 51.5 Å². The molecule has 0 saturated heterocycles. The summed E-state index contributed by atoms with van der Waals surface area (Å²) >= 11 is 0. The van der Waals surface area contributed by atoms with E-state index in [-0.39, 0.29) is 10.6 Å². The van der Waals surface area contributed by atoms with Crippen molar-refractivity contribution < 1.29 is 4.92 Å². The van der Waals surface area contributed by atoms with Gasteiger partial charge in [0.25, 0.3) is 5.69 Å². The maximum absolute atomic E-state index is 10.7. The largest absolute Gasteiger partial charge is 0.382 e. The summed E-state index contributed by atoms with van der Waals surface area (Å²) in [5, 5.41) is 14.2. The summed E-state index contributed by atoms with van der Waals surface area (Å²) in [6.45, 7) is 1.92. The number of aryl methyl sites for hydroxylation is 1. The van der Waals surface area contributed by atoms with E-state index in [1.165, 1.54) is 38.5 Å². The van der Waals surface area contributed by atoms with Gasteiger partial charge < -0.3 is 5.32 Å². The van der Waals surface area contributed by atoms with Crippen molar-refractivity contribution >= 4 is 11.4 Å². The van der Waals surface area contributed by atoms with E-state index in [2.05, 4.69) is 5.32 Å². The van der Waals surface area contributed by atoms with Crippen molar-refractivity contribution in [3.05, 3.63) is 33.9 Å². The molecule has 0 aliphatic heterocycles. The van der Waals surface area contributed by atoms with E-state index in [4.69, 9.17) is 0 Å². The molecule has 0 bridgehead atoms. The van der Waals surface area contributed by atoms with Gasteiger partial charge in [-0.05, 0) is 31.4 Å². The Hall–Kier alpha value is -1.58. The van der Waals surface area contributed by atoms with Crippen LogP contribution in [-0.2, 0) is 0 Å². The summed E-state index contributed by atoms with van der Waals surface area (Å²) < 4.78 is 0. The molecule has 0 aromatic heterocycles. The molecule has 0 amide bonds. The van der Waals surface area contributed by atoms with E-state index in [9.17, 15) is 10.1 Å². The van der Waals surface area contributed by atoms with Gasteiger partial charge in [-0.1, -0.05) is 25.7 Å².